The lowest BCUT2D eigenvalue weighted by molar-refractivity contribution is -0.139. The number of nitrogens with zero attached hydrogens (tertiary/aromatic N) is 4. The zero-order valence-electron chi connectivity index (χ0n) is 18.6. The highest BCUT2D eigenvalue weighted by atomic mass is 32.2. The standard InChI is InChI=1S/C24H23N5O3S2/c1-2-32-20(31)14-33-24-28-27-23(34-24)29-18-9-6-10-19(30)21(18)16(17(13-25)22(29)26)12-11-15-7-4-3-5-8-15/h3-5,7-8,11-12,16H,2,6,9-10,14,26H2,1H3/b12-11+. The van der Waals surface area contributed by atoms with Crippen LogP contribution in [0.4, 0.5) is 5.13 Å². The van der Waals surface area contributed by atoms with Crippen LogP contribution in [0.3, 0.4) is 0 Å². The molecule has 0 amide bonds. The topological polar surface area (TPSA) is 122 Å². The highest BCUT2D eigenvalue weighted by Gasteiger charge is 2.39. The molecule has 2 heterocycles. The van der Waals surface area contributed by atoms with Crippen LogP contribution in [0.1, 0.15) is 31.7 Å². The molecule has 2 N–H and O–H groups in total. The summed E-state index contributed by atoms with van der Waals surface area (Å²) in [4.78, 5) is 26.4. The molecule has 4 rings (SSSR count). The van der Waals surface area contributed by atoms with Gasteiger partial charge < -0.3 is 10.5 Å². The van der Waals surface area contributed by atoms with E-state index in [2.05, 4.69) is 16.3 Å². The van der Waals surface area contributed by atoms with Crippen LogP contribution in [0.25, 0.3) is 6.08 Å². The van der Waals surface area contributed by atoms with Gasteiger partial charge in [0.2, 0.25) is 5.13 Å². The number of Topliss-reactive ketones (excluding diaryl/α,β-unsaturated/α-hetero) is 1. The van der Waals surface area contributed by atoms with E-state index in [1.165, 1.54) is 23.1 Å². The number of carbonyl (C=O) groups excluding carboxylic acids is 2. The molecule has 0 spiro atoms. The van der Waals surface area contributed by atoms with Crippen LogP contribution in [0.2, 0.25) is 0 Å². The molecule has 0 bridgehead atoms. The van der Waals surface area contributed by atoms with Gasteiger partial charge in [-0.05, 0) is 25.3 Å². The summed E-state index contributed by atoms with van der Waals surface area (Å²) in [7, 11) is 0. The summed E-state index contributed by atoms with van der Waals surface area (Å²) in [5.41, 5.74) is 9.13. The number of aromatic nitrogens is 2. The molecule has 1 unspecified atom stereocenters. The fourth-order valence-electron chi connectivity index (χ4n) is 3.99. The molecule has 1 atom stereocenters. The third-order valence-corrected chi connectivity index (χ3v) is 7.46. The summed E-state index contributed by atoms with van der Waals surface area (Å²) in [6.45, 7) is 2.07. The number of ketones is 1. The Balaban J connectivity index is 1.69. The summed E-state index contributed by atoms with van der Waals surface area (Å²) < 4.78 is 5.53. The molecule has 0 radical (unpaired) electrons. The van der Waals surface area contributed by atoms with Gasteiger partial charge in [-0.25, -0.2) is 0 Å². The molecular weight excluding hydrogens is 470 g/mol. The van der Waals surface area contributed by atoms with Crippen LogP contribution in [0, 0.1) is 17.2 Å². The lowest BCUT2D eigenvalue weighted by atomic mass is 9.79. The van der Waals surface area contributed by atoms with Crippen molar-refractivity contribution in [2.24, 2.45) is 11.7 Å². The number of hydrogen-bond acceptors (Lipinski definition) is 10. The SMILES string of the molecule is CCOC(=O)CSc1nnc(N2C(N)=C(C#N)C(/C=C/c3ccccc3)C3=C2CCCC3=O)s1. The number of anilines is 1. The largest absolute Gasteiger partial charge is 0.465 e. The molecule has 174 valence electrons. The maximum absolute atomic E-state index is 13.1. The van der Waals surface area contributed by atoms with Crippen molar-refractivity contribution in [1.29, 1.82) is 5.26 Å². The van der Waals surface area contributed by atoms with Crippen molar-refractivity contribution >= 4 is 46.1 Å². The second-order valence-electron chi connectivity index (χ2n) is 7.57. The first-order chi connectivity index (χ1) is 16.5. The van der Waals surface area contributed by atoms with Gasteiger partial charge in [0.1, 0.15) is 5.82 Å². The molecule has 2 aliphatic rings. The van der Waals surface area contributed by atoms with Crippen LogP contribution < -0.4 is 10.6 Å². The normalized spacial score (nSPS) is 18.3. The van der Waals surface area contributed by atoms with Crippen molar-refractivity contribution < 1.29 is 14.3 Å². The lowest BCUT2D eigenvalue weighted by Crippen LogP contribution is -2.39. The zero-order chi connectivity index (χ0) is 24.1. The van der Waals surface area contributed by atoms with Gasteiger partial charge in [-0.3, -0.25) is 14.5 Å². The Hall–Kier alpha value is -3.42. The molecule has 1 aromatic carbocycles. The number of nitrogens with two attached hydrogens (primary N) is 1. The number of benzene rings is 1. The number of allylic oxidation sites excluding steroid dienone is 4. The molecule has 8 nitrogen and oxygen atoms in total. The molecule has 0 saturated carbocycles. The molecular formula is C24H23N5O3S2. The van der Waals surface area contributed by atoms with Crippen LogP contribution in [0.15, 0.2) is 63.4 Å². The Labute approximate surface area is 205 Å². The second kappa shape index (κ2) is 10.7. The predicted octanol–water partition coefficient (Wildman–Crippen LogP) is 4.04. The van der Waals surface area contributed by atoms with Crippen LogP contribution in [0.5, 0.6) is 0 Å². The van der Waals surface area contributed by atoms with Crippen molar-refractivity contribution in [3.63, 3.8) is 0 Å². The highest BCUT2D eigenvalue weighted by molar-refractivity contribution is 8.01. The van der Waals surface area contributed by atoms with E-state index in [-0.39, 0.29) is 23.3 Å². The Morgan fingerprint density at radius 1 is 1.35 bits per heavy atom. The molecule has 34 heavy (non-hydrogen) atoms. The number of rotatable bonds is 7. The number of esters is 1. The fourth-order valence-corrected chi connectivity index (χ4v) is 5.66. The van der Waals surface area contributed by atoms with E-state index in [0.717, 1.165) is 11.3 Å². The van der Waals surface area contributed by atoms with Crippen molar-refractivity contribution in [3.8, 4) is 6.07 Å². The second-order valence-corrected chi connectivity index (χ2v) is 9.75. The summed E-state index contributed by atoms with van der Waals surface area (Å²) in [5, 5.41) is 18.9. The van der Waals surface area contributed by atoms with Crippen LogP contribution in [-0.4, -0.2) is 34.3 Å². The van der Waals surface area contributed by atoms with E-state index in [1.54, 1.807) is 11.8 Å². The summed E-state index contributed by atoms with van der Waals surface area (Å²) >= 11 is 2.48. The number of hydrogen-bond donors (Lipinski definition) is 1. The van der Waals surface area contributed by atoms with E-state index >= 15 is 0 Å². The number of nitriles is 1. The van der Waals surface area contributed by atoms with Gasteiger partial charge in [-0.15, -0.1) is 10.2 Å². The molecule has 10 heteroatoms. The Morgan fingerprint density at radius 2 is 2.15 bits per heavy atom. The Kier molecular flexibility index (Phi) is 7.45. The third-order valence-electron chi connectivity index (χ3n) is 5.44. The minimum atomic E-state index is -0.519. The van der Waals surface area contributed by atoms with Gasteiger partial charge in [-0.1, -0.05) is 65.6 Å². The smallest absolute Gasteiger partial charge is 0.316 e. The number of thioether (sulfide) groups is 1. The minimum Gasteiger partial charge on any atom is -0.465 e. The van der Waals surface area contributed by atoms with E-state index in [9.17, 15) is 14.9 Å². The van der Waals surface area contributed by atoms with E-state index in [4.69, 9.17) is 10.5 Å². The summed E-state index contributed by atoms with van der Waals surface area (Å²) in [5.74, 6) is -0.470. The first kappa shape index (κ1) is 23.7. The van der Waals surface area contributed by atoms with E-state index in [1.807, 2.05) is 42.5 Å². The fraction of sp³-hybridized carbons (Fsp3) is 0.292. The number of ether oxygens (including phenoxy) is 1. The van der Waals surface area contributed by atoms with Crippen molar-refractivity contribution in [3.05, 3.63) is 64.6 Å². The maximum atomic E-state index is 13.1. The highest BCUT2D eigenvalue weighted by Crippen LogP contribution is 2.43. The lowest BCUT2D eigenvalue weighted by Gasteiger charge is -2.37. The van der Waals surface area contributed by atoms with E-state index in [0.29, 0.717) is 46.5 Å². The summed E-state index contributed by atoms with van der Waals surface area (Å²) in [6.07, 6.45) is 5.55. The van der Waals surface area contributed by atoms with Gasteiger partial charge in [-0.2, -0.15) is 5.26 Å². The molecule has 1 aromatic heterocycles. The van der Waals surface area contributed by atoms with Gasteiger partial charge in [0.15, 0.2) is 10.1 Å². The molecule has 1 aliphatic carbocycles. The molecule has 0 saturated heterocycles. The Morgan fingerprint density at radius 3 is 2.88 bits per heavy atom. The molecule has 0 fully saturated rings. The van der Waals surface area contributed by atoms with Crippen LogP contribution >= 0.6 is 23.1 Å². The van der Waals surface area contributed by atoms with Gasteiger partial charge in [0.05, 0.1) is 24.0 Å². The minimum absolute atomic E-state index is 0.00985. The predicted molar refractivity (Wildman–Crippen MR) is 131 cm³/mol. The average molecular weight is 494 g/mol. The third kappa shape index (κ3) is 4.90. The van der Waals surface area contributed by atoms with Crippen molar-refractivity contribution in [1.82, 2.24) is 10.2 Å². The van der Waals surface area contributed by atoms with Gasteiger partial charge in [0.25, 0.3) is 0 Å². The van der Waals surface area contributed by atoms with Gasteiger partial charge in [0, 0.05) is 23.6 Å². The first-order valence-electron chi connectivity index (χ1n) is 10.8. The van der Waals surface area contributed by atoms with Crippen molar-refractivity contribution in [2.75, 3.05) is 17.3 Å². The number of carbonyl (C=O) groups is 2. The van der Waals surface area contributed by atoms with Crippen molar-refractivity contribution in [2.45, 2.75) is 30.5 Å². The quantitative estimate of drug-likeness (QED) is 0.449. The van der Waals surface area contributed by atoms with Crippen LogP contribution in [-0.2, 0) is 14.3 Å². The summed E-state index contributed by atoms with van der Waals surface area (Å²) in [6, 6.07) is 11.9. The molecule has 1 aliphatic heterocycles. The maximum Gasteiger partial charge on any atom is 0.316 e. The van der Waals surface area contributed by atoms with Gasteiger partial charge >= 0.3 is 5.97 Å². The average Bonchev–Trinajstić information content (AvgIpc) is 3.30. The van der Waals surface area contributed by atoms with E-state index < -0.39 is 5.92 Å². The Bertz CT molecular complexity index is 1230. The molecule has 2 aromatic rings. The zero-order valence-corrected chi connectivity index (χ0v) is 20.2. The monoisotopic (exact) mass is 493 g/mol. The first-order valence-corrected chi connectivity index (χ1v) is 12.6.